The van der Waals surface area contributed by atoms with Crippen molar-refractivity contribution in [3.05, 3.63) is 47.7 Å². The molecule has 1 saturated carbocycles. The first-order valence-electron chi connectivity index (χ1n) is 13.4. The number of esters is 1. The fourth-order valence-corrected chi connectivity index (χ4v) is 4.91. The molecule has 1 aliphatic heterocycles. The number of carbonyl (C=O) groups is 1. The normalized spacial score (nSPS) is 18.4. The molecule has 9 heteroatoms. The molecule has 0 bridgehead atoms. The zero-order valence-electron chi connectivity index (χ0n) is 23.2. The Kier molecular flexibility index (Phi) is 7.18. The highest BCUT2D eigenvalue weighted by atomic mass is 16.7. The second-order valence-corrected chi connectivity index (χ2v) is 11.1. The Bertz CT molecular complexity index is 1310. The van der Waals surface area contributed by atoms with Gasteiger partial charge >= 0.3 is 13.1 Å². The van der Waals surface area contributed by atoms with Crippen molar-refractivity contribution < 1.29 is 28.3 Å². The summed E-state index contributed by atoms with van der Waals surface area (Å²) in [6.45, 7) is 10.6. The number of benzene rings is 2. The molecule has 2 aromatic carbocycles. The molecule has 0 unspecified atom stereocenters. The lowest BCUT2D eigenvalue weighted by Crippen LogP contribution is -2.41. The average Bonchev–Trinajstić information content (AvgIpc) is 3.28. The third kappa shape index (κ3) is 4.89. The van der Waals surface area contributed by atoms with Gasteiger partial charge in [0, 0.05) is 22.5 Å². The first-order chi connectivity index (χ1) is 18.1. The number of carbonyl (C=O) groups excluding carboxylic acids is 1. The Morgan fingerprint density at radius 3 is 2.45 bits per heavy atom. The molecule has 202 valence electrons. The van der Waals surface area contributed by atoms with Gasteiger partial charge in [-0.25, -0.2) is 0 Å². The van der Waals surface area contributed by atoms with E-state index in [-0.39, 0.29) is 12.4 Å². The summed E-state index contributed by atoms with van der Waals surface area (Å²) in [4.78, 5) is 12.2. The fraction of sp³-hybridized carbons (Fsp3) is 0.517. The van der Waals surface area contributed by atoms with E-state index in [1.807, 2.05) is 58.0 Å². The molecule has 1 saturated heterocycles. The van der Waals surface area contributed by atoms with Crippen LogP contribution >= 0.6 is 0 Å². The molecule has 38 heavy (non-hydrogen) atoms. The van der Waals surface area contributed by atoms with Crippen LogP contribution in [-0.4, -0.2) is 47.8 Å². The van der Waals surface area contributed by atoms with E-state index in [9.17, 15) is 4.79 Å². The Morgan fingerprint density at radius 1 is 1.11 bits per heavy atom. The molecule has 2 fully saturated rings. The molecule has 0 spiro atoms. The number of hydrogen-bond acceptors (Lipinski definition) is 7. The summed E-state index contributed by atoms with van der Waals surface area (Å²) in [7, 11) is 1.09. The van der Waals surface area contributed by atoms with E-state index in [1.165, 1.54) is 6.42 Å². The molecule has 0 atom stereocenters. The van der Waals surface area contributed by atoms with E-state index < -0.39 is 18.3 Å². The van der Waals surface area contributed by atoms with Crippen LogP contribution in [0.4, 0.5) is 0 Å². The molecule has 5 rings (SSSR count). The van der Waals surface area contributed by atoms with Crippen LogP contribution in [0.3, 0.4) is 0 Å². The van der Waals surface area contributed by atoms with E-state index in [4.69, 9.17) is 28.6 Å². The van der Waals surface area contributed by atoms with Crippen molar-refractivity contribution in [1.29, 1.82) is 0 Å². The van der Waals surface area contributed by atoms with E-state index in [0.717, 1.165) is 40.5 Å². The summed E-state index contributed by atoms with van der Waals surface area (Å²) < 4.78 is 32.1. The Labute approximate surface area is 224 Å². The quantitative estimate of drug-likeness (QED) is 0.298. The van der Waals surface area contributed by atoms with Crippen LogP contribution in [0.25, 0.3) is 10.9 Å². The molecular formula is C29H37BN2O6. The van der Waals surface area contributed by atoms with Crippen LogP contribution in [0.1, 0.15) is 71.2 Å². The lowest BCUT2D eigenvalue weighted by molar-refractivity contribution is -0.142. The highest BCUT2D eigenvalue weighted by Crippen LogP contribution is 2.39. The van der Waals surface area contributed by atoms with Crippen molar-refractivity contribution in [1.82, 2.24) is 9.78 Å². The van der Waals surface area contributed by atoms with Crippen molar-refractivity contribution in [3.63, 3.8) is 0 Å². The second kappa shape index (κ2) is 10.3. The monoisotopic (exact) mass is 520 g/mol. The molecule has 1 aromatic heterocycles. The number of rotatable bonds is 9. The molecule has 2 heterocycles. The van der Waals surface area contributed by atoms with E-state index >= 15 is 0 Å². The van der Waals surface area contributed by atoms with Crippen molar-refractivity contribution >= 4 is 29.5 Å². The number of fused-ring (bicyclic) bond motifs is 1. The average molecular weight is 520 g/mol. The summed E-state index contributed by atoms with van der Waals surface area (Å²) >= 11 is 0. The fourth-order valence-electron chi connectivity index (χ4n) is 4.91. The van der Waals surface area contributed by atoms with Crippen molar-refractivity contribution in [2.45, 2.75) is 84.2 Å². The van der Waals surface area contributed by atoms with Gasteiger partial charge in [0.1, 0.15) is 18.1 Å². The molecule has 3 aromatic rings. The third-order valence-corrected chi connectivity index (χ3v) is 8.06. The van der Waals surface area contributed by atoms with Crippen molar-refractivity contribution in [2.75, 3.05) is 13.7 Å². The maximum Gasteiger partial charge on any atom is 0.498 e. The lowest BCUT2D eigenvalue weighted by atomic mass is 9.77. The summed E-state index contributed by atoms with van der Waals surface area (Å²) in [5.74, 6) is 1.07. The topological polar surface area (TPSA) is 81.0 Å². The number of hydrogen-bond donors (Lipinski definition) is 0. The van der Waals surface area contributed by atoms with Crippen LogP contribution in [0, 0.1) is 0 Å². The number of aromatic nitrogens is 2. The second-order valence-electron chi connectivity index (χ2n) is 11.1. The predicted octanol–water partition coefficient (Wildman–Crippen LogP) is 4.75. The molecule has 0 N–H and O–H groups in total. The number of nitrogens with zero attached hydrogens (tertiary/aromatic N) is 2. The summed E-state index contributed by atoms with van der Waals surface area (Å²) in [6.07, 6.45) is 3.52. The zero-order valence-corrected chi connectivity index (χ0v) is 23.2. The van der Waals surface area contributed by atoms with Gasteiger partial charge in [-0.3, -0.25) is 9.48 Å². The minimum atomic E-state index is -0.564. The van der Waals surface area contributed by atoms with Gasteiger partial charge in [-0.05, 0) is 66.0 Å². The van der Waals surface area contributed by atoms with Gasteiger partial charge < -0.3 is 23.5 Å². The van der Waals surface area contributed by atoms with Gasteiger partial charge in [0.15, 0.2) is 0 Å². The van der Waals surface area contributed by atoms with Crippen LogP contribution < -0.4 is 14.9 Å². The largest absolute Gasteiger partial charge is 0.498 e. The molecule has 2 aliphatic rings. The van der Waals surface area contributed by atoms with Crippen LogP contribution in [0.2, 0.25) is 0 Å². The Morgan fingerprint density at radius 2 is 1.82 bits per heavy atom. The van der Waals surface area contributed by atoms with Gasteiger partial charge in [-0.2, -0.15) is 5.10 Å². The number of para-hydroxylation sites is 1. The van der Waals surface area contributed by atoms with Gasteiger partial charge in [0.2, 0.25) is 0 Å². The smallest absolute Gasteiger partial charge is 0.497 e. The minimum Gasteiger partial charge on any atom is -0.497 e. The van der Waals surface area contributed by atoms with E-state index in [2.05, 4.69) is 10.7 Å². The van der Waals surface area contributed by atoms with Crippen molar-refractivity contribution in [2.24, 2.45) is 0 Å². The SMILES string of the molecule is CCOC(=O)Cc1ccccc1OCc1c2cc(B3OC(C)(C)C(C)(C)O3)c(OC)cc2nn1C1CCC1. The summed E-state index contributed by atoms with van der Waals surface area (Å²) in [6, 6.07) is 12.0. The standard InChI is InChI=1S/C29H37BN2O6/c1-7-35-27(33)15-19-11-8-9-14-25(19)36-18-24-21-16-22(30-37-28(2,3)29(4,5)38-30)26(34-6)17-23(21)31-32(24)20-12-10-13-20/h8-9,11,14,16-17,20H,7,10,12-13,15,18H2,1-6H3. The molecular weight excluding hydrogens is 483 g/mol. The Hall–Kier alpha value is -3.04. The van der Waals surface area contributed by atoms with E-state index in [0.29, 0.717) is 30.8 Å². The summed E-state index contributed by atoms with van der Waals surface area (Å²) in [5, 5.41) is 5.95. The third-order valence-electron chi connectivity index (χ3n) is 8.06. The van der Waals surface area contributed by atoms with Gasteiger partial charge in [0.25, 0.3) is 0 Å². The first-order valence-corrected chi connectivity index (χ1v) is 13.4. The predicted molar refractivity (Wildman–Crippen MR) is 146 cm³/mol. The maximum absolute atomic E-state index is 12.2. The number of methoxy groups -OCH3 is 1. The highest BCUT2D eigenvalue weighted by Gasteiger charge is 2.52. The number of ether oxygens (including phenoxy) is 3. The van der Waals surface area contributed by atoms with Crippen molar-refractivity contribution in [3.8, 4) is 11.5 Å². The highest BCUT2D eigenvalue weighted by molar-refractivity contribution is 6.63. The zero-order chi connectivity index (χ0) is 27.1. The van der Waals surface area contributed by atoms with Crippen LogP contribution in [0.5, 0.6) is 11.5 Å². The van der Waals surface area contributed by atoms with Gasteiger partial charge in [0.05, 0.1) is 48.6 Å². The van der Waals surface area contributed by atoms with Crippen LogP contribution in [0.15, 0.2) is 36.4 Å². The van der Waals surface area contributed by atoms with Crippen LogP contribution in [-0.2, 0) is 31.9 Å². The first kappa shape index (κ1) is 26.6. The lowest BCUT2D eigenvalue weighted by Gasteiger charge is -2.32. The Balaban J connectivity index is 1.51. The maximum atomic E-state index is 12.2. The molecule has 8 nitrogen and oxygen atoms in total. The minimum absolute atomic E-state index is 0.163. The van der Waals surface area contributed by atoms with Gasteiger partial charge in [-0.15, -0.1) is 0 Å². The van der Waals surface area contributed by atoms with Gasteiger partial charge in [-0.1, -0.05) is 18.2 Å². The molecule has 0 radical (unpaired) electrons. The summed E-state index contributed by atoms with van der Waals surface area (Å²) in [5.41, 5.74) is 2.51. The molecule has 1 aliphatic carbocycles. The molecule has 0 amide bonds. The van der Waals surface area contributed by atoms with E-state index in [1.54, 1.807) is 14.0 Å².